The lowest BCUT2D eigenvalue weighted by Crippen LogP contribution is -2.51. The molecule has 0 unspecified atom stereocenters. The Morgan fingerprint density at radius 3 is 2.05 bits per heavy atom. The topological polar surface area (TPSA) is 58.2 Å². The van der Waals surface area contributed by atoms with E-state index in [1.165, 1.54) is 13.8 Å². The number of benzene rings is 1. The molecule has 0 bridgehead atoms. The summed E-state index contributed by atoms with van der Waals surface area (Å²) in [5, 5.41) is 5.00. The summed E-state index contributed by atoms with van der Waals surface area (Å²) in [5.41, 5.74) is -2.05. The SMILES string of the molecule is CC(C)(C)NC(=O)C(C)(C)C(=O)Nc1ccc(F)cc1F. The third kappa shape index (κ3) is 4.51. The van der Waals surface area contributed by atoms with E-state index in [1.807, 2.05) is 0 Å². The average molecular weight is 298 g/mol. The van der Waals surface area contributed by atoms with E-state index < -0.39 is 34.4 Å². The van der Waals surface area contributed by atoms with Crippen LogP contribution in [0.3, 0.4) is 0 Å². The third-order valence-electron chi connectivity index (χ3n) is 2.80. The summed E-state index contributed by atoms with van der Waals surface area (Å²) in [4.78, 5) is 24.3. The monoisotopic (exact) mass is 298 g/mol. The first-order valence-corrected chi connectivity index (χ1v) is 6.52. The van der Waals surface area contributed by atoms with Crippen molar-refractivity contribution in [3.63, 3.8) is 0 Å². The van der Waals surface area contributed by atoms with Crippen LogP contribution in [-0.2, 0) is 9.59 Å². The van der Waals surface area contributed by atoms with Gasteiger partial charge in [0.15, 0.2) is 0 Å². The van der Waals surface area contributed by atoms with Gasteiger partial charge in [0.1, 0.15) is 17.0 Å². The van der Waals surface area contributed by atoms with E-state index in [1.54, 1.807) is 20.8 Å². The largest absolute Gasteiger partial charge is 0.351 e. The molecule has 0 aliphatic carbocycles. The number of anilines is 1. The predicted molar refractivity (Wildman–Crippen MR) is 76.7 cm³/mol. The van der Waals surface area contributed by atoms with E-state index in [0.717, 1.165) is 12.1 Å². The van der Waals surface area contributed by atoms with Crippen molar-refractivity contribution in [2.45, 2.75) is 40.2 Å². The summed E-state index contributed by atoms with van der Waals surface area (Å²) in [6.07, 6.45) is 0. The Hall–Kier alpha value is -1.98. The summed E-state index contributed by atoms with van der Waals surface area (Å²) < 4.78 is 26.3. The molecule has 0 aliphatic rings. The Morgan fingerprint density at radius 2 is 1.57 bits per heavy atom. The Kier molecular flexibility index (Phi) is 4.71. The Bertz CT molecular complexity index is 563. The van der Waals surface area contributed by atoms with Crippen LogP contribution in [0.1, 0.15) is 34.6 Å². The van der Waals surface area contributed by atoms with E-state index in [4.69, 9.17) is 0 Å². The van der Waals surface area contributed by atoms with Crippen LogP contribution in [0.4, 0.5) is 14.5 Å². The van der Waals surface area contributed by atoms with Crippen molar-refractivity contribution in [1.82, 2.24) is 5.32 Å². The van der Waals surface area contributed by atoms with Crippen molar-refractivity contribution < 1.29 is 18.4 Å². The lowest BCUT2D eigenvalue weighted by molar-refractivity contribution is -0.139. The first-order chi connectivity index (χ1) is 9.43. The molecule has 0 spiro atoms. The summed E-state index contributed by atoms with van der Waals surface area (Å²) in [6.45, 7) is 8.24. The number of hydrogen-bond acceptors (Lipinski definition) is 2. The van der Waals surface area contributed by atoms with E-state index in [2.05, 4.69) is 10.6 Å². The number of halogens is 2. The Morgan fingerprint density at radius 1 is 1.00 bits per heavy atom. The molecule has 0 saturated heterocycles. The smallest absolute Gasteiger partial charge is 0.239 e. The fraction of sp³-hybridized carbons (Fsp3) is 0.467. The highest BCUT2D eigenvalue weighted by Gasteiger charge is 2.38. The van der Waals surface area contributed by atoms with Crippen LogP contribution in [0.5, 0.6) is 0 Å². The molecular weight excluding hydrogens is 278 g/mol. The van der Waals surface area contributed by atoms with Gasteiger partial charge in [-0.1, -0.05) is 0 Å². The zero-order chi connectivity index (χ0) is 16.4. The maximum atomic E-state index is 13.5. The normalized spacial score (nSPS) is 12.0. The van der Waals surface area contributed by atoms with E-state index in [0.29, 0.717) is 6.07 Å². The minimum atomic E-state index is -1.39. The molecule has 0 aromatic heterocycles. The average Bonchev–Trinajstić information content (AvgIpc) is 2.30. The maximum Gasteiger partial charge on any atom is 0.239 e. The first kappa shape index (κ1) is 17.1. The molecule has 0 atom stereocenters. The molecule has 0 fully saturated rings. The molecule has 2 N–H and O–H groups in total. The second kappa shape index (κ2) is 5.79. The number of amides is 2. The van der Waals surface area contributed by atoms with Crippen LogP contribution in [-0.4, -0.2) is 17.4 Å². The maximum absolute atomic E-state index is 13.5. The fourth-order valence-electron chi connectivity index (χ4n) is 1.47. The molecule has 2 amide bonds. The van der Waals surface area contributed by atoms with Crippen molar-refractivity contribution in [3.05, 3.63) is 29.8 Å². The quantitative estimate of drug-likeness (QED) is 0.843. The van der Waals surface area contributed by atoms with Crippen LogP contribution < -0.4 is 10.6 Å². The Labute approximate surface area is 122 Å². The molecule has 0 saturated carbocycles. The van der Waals surface area contributed by atoms with Crippen molar-refractivity contribution in [3.8, 4) is 0 Å². The summed E-state index contributed by atoms with van der Waals surface area (Å²) in [6, 6.07) is 2.80. The van der Waals surface area contributed by atoms with Gasteiger partial charge in [-0.05, 0) is 46.8 Å². The van der Waals surface area contributed by atoms with Gasteiger partial charge in [0.05, 0.1) is 5.69 Å². The highest BCUT2D eigenvalue weighted by molar-refractivity contribution is 6.10. The molecule has 1 rings (SSSR count). The molecular formula is C15H20F2N2O2. The number of hydrogen-bond donors (Lipinski definition) is 2. The molecule has 1 aromatic rings. The van der Waals surface area contributed by atoms with Gasteiger partial charge in [-0.2, -0.15) is 0 Å². The molecule has 0 heterocycles. The standard InChI is InChI=1S/C15H20F2N2O2/c1-14(2,3)19-13(21)15(4,5)12(20)18-11-7-6-9(16)8-10(11)17/h6-8H,1-5H3,(H,18,20)(H,19,21). The number of carbonyl (C=O) groups excluding carboxylic acids is 2. The van der Waals surface area contributed by atoms with Gasteiger partial charge in [0, 0.05) is 11.6 Å². The minimum Gasteiger partial charge on any atom is -0.351 e. The highest BCUT2D eigenvalue weighted by atomic mass is 19.1. The van der Waals surface area contributed by atoms with Gasteiger partial charge in [-0.3, -0.25) is 9.59 Å². The summed E-state index contributed by atoms with van der Waals surface area (Å²) in [7, 11) is 0. The van der Waals surface area contributed by atoms with Crippen molar-refractivity contribution >= 4 is 17.5 Å². The predicted octanol–water partition coefficient (Wildman–Crippen LogP) is 2.84. The van der Waals surface area contributed by atoms with Crippen molar-refractivity contribution in [1.29, 1.82) is 0 Å². The molecule has 6 heteroatoms. The van der Waals surface area contributed by atoms with Crippen molar-refractivity contribution in [2.24, 2.45) is 5.41 Å². The third-order valence-corrected chi connectivity index (χ3v) is 2.80. The second-order valence-corrected chi connectivity index (χ2v) is 6.41. The van der Waals surface area contributed by atoms with Crippen LogP contribution >= 0.6 is 0 Å². The van der Waals surface area contributed by atoms with Gasteiger partial charge in [-0.15, -0.1) is 0 Å². The number of carbonyl (C=O) groups is 2. The first-order valence-electron chi connectivity index (χ1n) is 6.52. The Balaban J connectivity index is 2.89. The molecule has 4 nitrogen and oxygen atoms in total. The van der Waals surface area contributed by atoms with E-state index in [-0.39, 0.29) is 5.69 Å². The molecule has 0 aliphatic heterocycles. The lowest BCUT2D eigenvalue weighted by Gasteiger charge is -2.28. The van der Waals surface area contributed by atoms with Crippen LogP contribution in [0.25, 0.3) is 0 Å². The fourth-order valence-corrected chi connectivity index (χ4v) is 1.47. The molecule has 1 aromatic carbocycles. The number of nitrogens with one attached hydrogen (secondary N) is 2. The zero-order valence-electron chi connectivity index (χ0n) is 12.8. The number of rotatable bonds is 3. The zero-order valence-corrected chi connectivity index (χ0v) is 12.8. The lowest BCUT2D eigenvalue weighted by atomic mass is 9.89. The van der Waals surface area contributed by atoms with Crippen LogP contribution in [0.2, 0.25) is 0 Å². The van der Waals surface area contributed by atoms with Gasteiger partial charge >= 0.3 is 0 Å². The van der Waals surface area contributed by atoms with Crippen LogP contribution in [0.15, 0.2) is 18.2 Å². The molecule has 21 heavy (non-hydrogen) atoms. The van der Waals surface area contributed by atoms with E-state index >= 15 is 0 Å². The van der Waals surface area contributed by atoms with Gasteiger partial charge in [0.2, 0.25) is 11.8 Å². The highest BCUT2D eigenvalue weighted by Crippen LogP contribution is 2.22. The van der Waals surface area contributed by atoms with E-state index in [9.17, 15) is 18.4 Å². The second-order valence-electron chi connectivity index (χ2n) is 6.41. The van der Waals surface area contributed by atoms with Gasteiger partial charge in [0.25, 0.3) is 0 Å². The minimum absolute atomic E-state index is 0.168. The molecule has 116 valence electrons. The van der Waals surface area contributed by atoms with Crippen molar-refractivity contribution in [2.75, 3.05) is 5.32 Å². The van der Waals surface area contributed by atoms with Gasteiger partial charge < -0.3 is 10.6 Å². The van der Waals surface area contributed by atoms with Gasteiger partial charge in [-0.25, -0.2) is 8.78 Å². The summed E-state index contributed by atoms with van der Waals surface area (Å²) >= 11 is 0. The molecule has 0 radical (unpaired) electrons. The van der Waals surface area contributed by atoms with Crippen LogP contribution in [0, 0.1) is 17.0 Å². The summed E-state index contributed by atoms with van der Waals surface area (Å²) in [5.74, 6) is -2.78.